The average Bonchev–Trinajstić information content (AvgIpc) is 3.23. The van der Waals surface area contributed by atoms with E-state index in [0.29, 0.717) is 34.1 Å². The lowest BCUT2D eigenvalue weighted by atomic mass is 9.98. The molecule has 0 aliphatic rings. The van der Waals surface area contributed by atoms with E-state index in [0.717, 1.165) is 5.56 Å². The van der Waals surface area contributed by atoms with Gasteiger partial charge in [-0.15, -0.1) is 0 Å². The van der Waals surface area contributed by atoms with Crippen LogP contribution in [0.25, 0.3) is 11.0 Å². The second-order valence-corrected chi connectivity index (χ2v) is 7.70. The van der Waals surface area contributed by atoms with Gasteiger partial charge < -0.3 is 28.2 Å². The molecule has 0 amide bonds. The van der Waals surface area contributed by atoms with Crippen LogP contribution in [0.4, 0.5) is 0 Å². The summed E-state index contributed by atoms with van der Waals surface area (Å²) in [5, 5.41) is 11.1. The second kappa shape index (κ2) is 8.63. The molecule has 0 radical (unpaired) electrons. The van der Waals surface area contributed by atoms with Crippen molar-refractivity contribution in [3.8, 4) is 17.2 Å². The number of aromatic carboxylic acids is 1. The van der Waals surface area contributed by atoms with Crippen molar-refractivity contribution in [3.63, 3.8) is 0 Å². The Kier molecular flexibility index (Phi) is 5.73. The predicted octanol–water partition coefficient (Wildman–Crippen LogP) is 4.55. The van der Waals surface area contributed by atoms with Crippen molar-refractivity contribution in [1.82, 2.24) is 0 Å². The highest BCUT2D eigenvalue weighted by atomic mass is 16.5. The molecule has 4 rings (SSSR count). The van der Waals surface area contributed by atoms with Crippen molar-refractivity contribution < 1.29 is 28.2 Å². The molecule has 0 saturated heterocycles. The second-order valence-electron chi connectivity index (χ2n) is 7.70. The Hall–Kier alpha value is -4.00. The SMILES string of the molecule is Cc1cc(Oc2coc3cc(OCc4ccc(C(=O)[O-])o4)ccc3c2=O)ccc1C(C)C. The first-order valence-electron chi connectivity index (χ1n) is 10.1. The number of rotatable bonds is 7. The third-order valence-electron chi connectivity index (χ3n) is 5.05. The number of carbonyl (C=O) groups excluding carboxylic acids is 1. The molecule has 164 valence electrons. The summed E-state index contributed by atoms with van der Waals surface area (Å²) < 4.78 is 22.1. The summed E-state index contributed by atoms with van der Waals surface area (Å²) in [6.45, 7) is 6.26. The Morgan fingerprint density at radius 3 is 2.53 bits per heavy atom. The minimum atomic E-state index is -1.40. The van der Waals surface area contributed by atoms with E-state index in [1.54, 1.807) is 18.2 Å². The van der Waals surface area contributed by atoms with Crippen LogP contribution in [0.1, 0.15) is 47.2 Å². The van der Waals surface area contributed by atoms with Gasteiger partial charge in [0.1, 0.15) is 47.4 Å². The van der Waals surface area contributed by atoms with E-state index in [1.807, 2.05) is 25.1 Å². The number of carbonyl (C=O) groups is 1. The van der Waals surface area contributed by atoms with Crippen molar-refractivity contribution in [1.29, 1.82) is 0 Å². The van der Waals surface area contributed by atoms with Gasteiger partial charge in [-0.25, -0.2) is 0 Å². The van der Waals surface area contributed by atoms with Crippen LogP contribution in [0.15, 0.2) is 68.4 Å². The Balaban J connectivity index is 1.52. The third kappa shape index (κ3) is 4.37. The molecule has 0 unspecified atom stereocenters. The largest absolute Gasteiger partial charge is 0.542 e. The van der Waals surface area contributed by atoms with Gasteiger partial charge in [-0.2, -0.15) is 0 Å². The van der Waals surface area contributed by atoms with E-state index in [-0.39, 0.29) is 23.5 Å². The first kappa shape index (κ1) is 21.2. The minimum absolute atomic E-state index is 0.00986. The third-order valence-corrected chi connectivity index (χ3v) is 5.05. The van der Waals surface area contributed by atoms with E-state index in [9.17, 15) is 14.7 Å². The number of benzene rings is 2. The van der Waals surface area contributed by atoms with Crippen LogP contribution in [-0.2, 0) is 6.61 Å². The van der Waals surface area contributed by atoms with Gasteiger partial charge >= 0.3 is 0 Å². The fraction of sp³-hybridized carbons (Fsp3) is 0.200. The van der Waals surface area contributed by atoms with E-state index in [2.05, 4.69) is 13.8 Å². The van der Waals surface area contributed by atoms with Crippen molar-refractivity contribution in [2.24, 2.45) is 0 Å². The van der Waals surface area contributed by atoms with Crippen LogP contribution in [0.5, 0.6) is 17.2 Å². The van der Waals surface area contributed by atoms with E-state index in [1.165, 1.54) is 24.0 Å². The van der Waals surface area contributed by atoms with Crippen LogP contribution < -0.4 is 20.0 Å². The molecule has 7 heteroatoms. The van der Waals surface area contributed by atoms with Crippen molar-refractivity contribution >= 4 is 16.9 Å². The molecule has 0 bridgehead atoms. The number of carboxylic acids is 1. The van der Waals surface area contributed by atoms with Crippen LogP contribution in [0.3, 0.4) is 0 Å². The van der Waals surface area contributed by atoms with Gasteiger partial charge in [-0.3, -0.25) is 4.79 Å². The minimum Gasteiger partial charge on any atom is -0.542 e. The zero-order valence-electron chi connectivity index (χ0n) is 17.8. The lowest BCUT2D eigenvalue weighted by Crippen LogP contribution is -2.21. The van der Waals surface area contributed by atoms with Gasteiger partial charge in [0.2, 0.25) is 11.2 Å². The maximum absolute atomic E-state index is 12.8. The molecule has 2 heterocycles. The normalized spacial score (nSPS) is 11.1. The molecule has 4 aromatic rings. The molecule has 32 heavy (non-hydrogen) atoms. The zero-order valence-corrected chi connectivity index (χ0v) is 17.8. The van der Waals surface area contributed by atoms with E-state index >= 15 is 0 Å². The highest BCUT2D eigenvalue weighted by Gasteiger charge is 2.12. The summed E-state index contributed by atoms with van der Waals surface area (Å²) in [5.74, 6) is 0.146. The summed E-state index contributed by atoms with van der Waals surface area (Å²) >= 11 is 0. The van der Waals surface area contributed by atoms with Crippen molar-refractivity contribution in [3.05, 3.63) is 87.7 Å². The van der Waals surface area contributed by atoms with Crippen LogP contribution >= 0.6 is 0 Å². The van der Waals surface area contributed by atoms with Gasteiger partial charge in [0, 0.05) is 6.07 Å². The molecule has 0 aliphatic carbocycles. The summed E-state index contributed by atoms with van der Waals surface area (Å²) in [4.78, 5) is 23.6. The first-order valence-corrected chi connectivity index (χ1v) is 10.1. The van der Waals surface area contributed by atoms with Gasteiger partial charge in [0.25, 0.3) is 0 Å². The molecule has 2 aromatic heterocycles. The topological polar surface area (TPSA) is 102 Å². The lowest BCUT2D eigenvalue weighted by molar-refractivity contribution is -0.257. The molecule has 0 fully saturated rings. The maximum Gasteiger partial charge on any atom is 0.235 e. The zero-order chi connectivity index (χ0) is 22.8. The summed E-state index contributed by atoms with van der Waals surface area (Å²) in [5.41, 5.74) is 2.35. The first-order chi connectivity index (χ1) is 15.3. The molecule has 0 spiro atoms. The average molecular weight is 433 g/mol. The van der Waals surface area contributed by atoms with Crippen LogP contribution in [0, 0.1) is 6.92 Å². The molecule has 0 aliphatic heterocycles. The predicted molar refractivity (Wildman–Crippen MR) is 115 cm³/mol. The van der Waals surface area contributed by atoms with Gasteiger partial charge in [-0.05, 0) is 60.4 Å². The fourth-order valence-corrected chi connectivity index (χ4v) is 3.46. The smallest absolute Gasteiger partial charge is 0.235 e. The quantitative estimate of drug-likeness (QED) is 0.421. The molecular weight excluding hydrogens is 412 g/mol. The van der Waals surface area contributed by atoms with E-state index in [4.69, 9.17) is 18.3 Å². The Morgan fingerprint density at radius 2 is 1.84 bits per heavy atom. The van der Waals surface area contributed by atoms with Crippen LogP contribution in [-0.4, -0.2) is 5.97 Å². The van der Waals surface area contributed by atoms with Gasteiger partial charge in [0.05, 0.1) is 5.39 Å². The monoisotopic (exact) mass is 433 g/mol. The lowest BCUT2D eigenvalue weighted by Gasteiger charge is -2.12. The Morgan fingerprint density at radius 1 is 1.06 bits per heavy atom. The fourth-order valence-electron chi connectivity index (χ4n) is 3.46. The van der Waals surface area contributed by atoms with Gasteiger partial charge in [0.15, 0.2) is 0 Å². The molecule has 7 nitrogen and oxygen atoms in total. The molecule has 2 aromatic carbocycles. The Labute approximate surface area is 183 Å². The molecule has 0 N–H and O–H groups in total. The number of hydrogen-bond donors (Lipinski definition) is 0. The number of carboxylic acid groups (broad SMARTS) is 1. The van der Waals surface area contributed by atoms with Crippen LogP contribution in [0.2, 0.25) is 0 Å². The molecule has 0 atom stereocenters. The molecule has 0 saturated carbocycles. The maximum atomic E-state index is 12.8. The number of furan rings is 1. The summed E-state index contributed by atoms with van der Waals surface area (Å²) in [6.07, 6.45) is 1.28. The highest BCUT2D eigenvalue weighted by Crippen LogP contribution is 2.28. The Bertz CT molecular complexity index is 1340. The van der Waals surface area contributed by atoms with Gasteiger partial charge in [-0.1, -0.05) is 19.9 Å². The standard InChI is InChI=1S/C25H22O7/c1-14(2)19-7-5-17(10-15(19)3)31-23-13-30-22-11-16(4-8-20(22)24(23)26)29-12-18-6-9-21(32-18)25(27)28/h4-11,13-14H,12H2,1-3H3,(H,27,28)/p-1. The van der Waals surface area contributed by atoms with Crippen molar-refractivity contribution in [2.75, 3.05) is 0 Å². The number of aryl methyl sites for hydroxylation is 1. The number of hydrogen-bond acceptors (Lipinski definition) is 7. The molecular formula is C25H21O7-. The number of ether oxygens (including phenoxy) is 2. The van der Waals surface area contributed by atoms with Crippen molar-refractivity contribution in [2.45, 2.75) is 33.3 Å². The van der Waals surface area contributed by atoms with E-state index < -0.39 is 5.97 Å². The highest BCUT2D eigenvalue weighted by molar-refractivity contribution is 5.82. The summed E-state index contributed by atoms with van der Waals surface area (Å²) in [7, 11) is 0. The summed E-state index contributed by atoms with van der Waals surface area (Å²) in [6, 6.07) is 13.3. The number of fused-ring (bicyclic) bond motifs is 1.